The lowest BCUT2D eigenvalue weighted by Crippen LogP contribution is -2.17. The quantitative estimate of drug-likeness (QED) is 0.138. The Bertz CT molecular complexity index is 1990. The summed E-state index contributed by atoms with van der Waals surface area (Å²) in [5.41, 5.74) is 4.98. The third-order valence-corrected chi connectivity index (χ3v) is 10.5. The number of nitriles is 2. The number of rotatable bonds is 12. The van der Waals surface area contributed by atoms with Crippen LogP contribution in [0.2, 0.25) is 0 Å². The maximum absolute atomic E-state index is 9.49. The van der Waals surface area contributed by atoms with Gasteiger partial charge in [0.1, 0.15) is 37.4 Å². The van der Waals surface area contributed by atoms with Crippen molar-refractivity contribution < 1.29 is 4.74 Å². The van der Waals surface area contributed by atoms with E-state index in [1.807, 2.05) is 67.8 Å². The molecule has 0 N–H and O–H groups in total. The summed E-state index contributed by atoms with van der Waals surface area (Å²) in [5, 5.41) is 30.2. The predicted octanol–water partition coefficient (Wildman–Crippen LogP) is 6.82. The van der Waals surface area contributed by atoms with Crippen LogP contribution in [0.25, 0.3) is 44.6 Å². The van der Waals surface area contributed by atoms with Crippen molar-refractivity contribution in [3.8, 4) is 34.7 Å². The molecular formula is C36H38N12O. The Balaban J connectivity index is 0.973. The lowest BCUT2D eigenvalue weighted by atomic mass is 9.96. The SMILES string of the molecule is N#CCC(C1CCCC1)n1cc(-c2ncnc3c2ccn3COCn2ccc3c(-c4cnn(C(CC#N)C5CCCC5)c4)ncnc32)cn1. The summed E-state index contributed by atoms with van der Waals surface area (Å²) >= 11 is 0. The fourth-order valence-corrected chi connectivity index (χ4v) is 8.02. The first-order chi connectivity index (χ1) is 24.2. The van der Waals surface area contributed by atoms with Crippen LogP contribution in [0, 0.1) is 34.5 Å². The number of hydrogen-bond donors (Lipinski definition) is 0. The second kappa shape index (κ2) is 13.6. The molecule has 0 radical (unpaired) electrons. The smallest absolute Gasteiger partial charge is 0.145 e. The van der Waals surface area contributed by atoms with Gasteiger partial charge in [-0.3, -0.25) is 9.36 Å². The molecule has 2 aliphatic carbocycles. The summed E-state index contributed by atoms with van der Waals surface area (Å²) in [7, 11) is 0. The number of ether oxygens (including phenoxy) is 1. The summed E-state index contributed by atoms with van der Waals surface area (Å²) in [5.74, 6) is 0.972. The molecule has 2 atom stereocenters. The molecule has 0 bridgehead atoms. The minimum atomic E-state index is 0.0868. The van der Waals surface area contributed by atoms with Crippen LogP contribution in [0.3, 0.4) is 0 Å². The third kappa shape index (κ3) is 5.95. The number of nitrogens with zero attached hydrogens (tertiary/aromatic N) is 12. The first-order valence-electron chi connectivity index (χ1n) is 17.2. The highest BCUT2D eigenvalue weighted by atomic mass is 16.5. The first kappa shape index (κ1) is 30.9. The first-order valence-corrected chi connectivity index (χ1v) is 17.2. The van der Waals surface area contributed by atoms with Gasteiger partial charge in [0.05, 0.1) is 60.8 Å². The van der Waals surface area contributed by atoms with Gasteiger partial charge < -0.3 is 13.9 Å². The fourth-order valence-electron chi connectivity index (χ4n) is 8.02. The topological polar surface area (TPSA) is 154 Å². The molecule has 2 unspecified atom stereocenters. The second-order valence-electron chi connectivity index (χ2n) is 13.3. The molecule has 6 aromatic rings. The highest BCUT2D eigenvalue weighted by molar-refractivity contribution is 5.91. The fraction of sp³-hybridized carbons (Fsp3) is 0.444. The van der Waals surface area contributed by atoms with Gasteiger partial charge in [-0.1, -0.05) is 25.7 Å². The summed E-state index contributed by atoms with van der Waals surface area (Å²) < 4.78 is 14.0. The molecule has 13 nitrogen and oxygen atoms in total. The van der Waals surface area contributed by atoms with Gasteiger partial charge in [0.2, 0.25) is 0 Å². The van der Waals surface area contributed by atoms with Crippen LogP contribution in [-0.2, 0) is 18.2 Å². The van der Waals surface area contributed by atoms with E-state index >= 15 is 0 Å². The monoisotopic (exact) mass is 654 g/mol. The number of fused-ring (bicyclic) bond motifs is 2. The standard InChI is InChI=1S/C36H38N12O/c37-13-9-31(25-5-1-2-6-25)47-19-27(17-43-47)33-29-11-15-45(35(29)41-21-39-33)23-49-24-46-16-12-30-34(40-22-42-36(30)46)28-18-44-48(20-28)32(10-14-38)26-7-3-4-8-26/h11-12,15-22,25-26,31-32H,1-10,23-24H2. The second-order valence-corrected chi connectivity index (χ2v) is 13.3. The van der Waals surface area contributed by atoms with Crippen molar-refractivity contribution in [3.05, 3.63) is 62.0 Å². The minimum Gasteiger partial charge on any atom is -0.340 e. The molecule has 0 aromatic carbocycles. The lowest BCUT2D eigenvalue weighted by molar-refractivity contribution is 0.0316. The van der Waals surface area contributed by atoms with Crippen LogP contribution >= 0.6 is 0 Å². The van der Waals surface area contributed by atoms with Crippen LogP contribution < -0.4 is 0 Å². The van der Waals surface area contributed by atoms with Crippen LogP contribution in [-0.4, -0.2) is 48.6 Å². The summed E-state index contributed by atoms with van der Waals surface area (Å²) in [6, 6.07) is 8.92. The van der Waals surface area contributed by atoms with Crippen molar-refractivity contribution >= 4 is 22.1 Å². The number of hydrogen-bond acceptors (Lipinski definition) is 9. The van der Waals surface area contributed by atoms with Gasteiger partial charge in [-0.15, -0.1) is 0 Å². The lowest BCUT2D eigenvalue weighted by Gasteiger charge is -2.21. The largest absolute Gasteiger partial charge is 0.340 e. The van der Waals surface area contributed by atoms with Crippen molar-refractivity contribution in [1.29, 1.82) is 10.5 Å². The van der Waals surface area contributed by atoms with Gasteiger partial charge in [0, 0.05) is 46.7 Å². The van der Waals surface area contributed by atoms with E-state index in [-0.39, 0.29) is 25.5 Å². The Hall–Kier alpha value is -5.40. The summed E-state index contributed by atoms with van der Waals surface area (Å²) in [6.07, 6.45) is 25.2. The van der Waals surface area contributed by atoms with E-state index in [1.165, 1.54) is 25.7 Å². The van der Waals surface area contributed by atoms with Crippen molar-refractivity contribution in [1.82, 2.24) is 48.6 Å². The minimum absolute atomic E-state index is 0.0868. The Morgan fingerprint density at radius 2 is 1.12 bits per heavy atom. The average Bonchev–Trinajstić information content (AvgIpc) is 3.98. The Kier molecular flexibility index (Phi) is 8.58. The molecule has 6 heterocycles. The van der Waals surface area contributed by atoms with E-state index in [1.54, 1.807) is 12.7 Å². The van der Waals surface area contributed by atoms with Gasteiger partial charge in [-0.25, -0.2) is 19.9 Å². The van der Waals surface area contributed by atoms with Crippen LogP contribution in [0.15, 0.2) is 62.0 Å². The molecule has 0 aliphatic heterocycles. The molecule has 248 valence electrons. The zero-order chi connectivity index (χ0) is 33.2. The molecule has 2 saturated carbocycles. The average molecular weight is 655 g/mol. The normalized spacial score (nSPS) is 16.8. The van der Waals surface area contributed by atoms with Gasteiger partial charge >= 0.3 is 0 Å². The van der Waals surface area contributed by atoms with Crippen molar-refractivity contribution in [2.24, 2.45) is 11.8 Å². The molecule has 6 aromatic heterocycles. The molecule has 0 saturated heterocycles. The molecule has 49 heavy (non-hydrogen) atoms. The molecule has 2 aliphatic rings. The van der Waals surface area contributed by atoms with Gasteiger partial charge in [-0.2, -0.15) is 20.7 Å². The van der Waals surface area contributed by atoms with E-state index in [0.29, 0.717) is 24.7 Å². The van der Waals surface area contributed by atoms with E-state index < -0.39 is 0 Å². The zero-order valence-corrected chi connectivity index (χ0v) is 27.3. The van der Waals surface area contributed by atoms with E-state index in [2.05, 4.69) is 42.3 Å². The molecule has 0 spiro atoms. The van der Waals surface area contributed by atoms with E-state index in [4.69, 9.17) is 4.74 Å². The highest BCUT2D eigenvalue weighted by Gasteiger charge is 2.28. The zero-order valence-electron chi connectivity index (χ0n) is 27.3. The summed E-state index contributed by atoms with van der Waals surface area (Å²) in [4.78, 5) is 18.4. The van der Waals surface area contributed by atoms with Gasteiger partial charge in [0.25, 0.3) is 0 Å². The Morgan fingerprint density at radius 1 is 0.673 bits per heavy atom. The van der Waals surface area contributed by atoms with Gasteiger partial charge in [-0.05, 0) is 49.7 Å². The van der Waals surface area contributed by atoms with E-state index in [9.17, 15) is 10.5 Å². The van der Waals surface area contributed by atoms with Crippen LogP contribution in [0.4, 0.5) is 0 Å². The maximum atomic E-state index is 9.49. The van der Waals surface area contributed by atoms with Crippen molar-refractivity contribution in [2.75, 3.05) is 0 Å². The molecule has 13 heteroatoms. The molecule has 2 fully saturated rings. The molecule has 0 amide bonds. The third-order valence-electron chi connectivity index (χ3n) is 10.5. The Labute approximate surface area is 283 Å². The van der Waals surface area contributed by atoms with Crippen LogP contribution in [0.5, 0.6) is 0 Å². The van der Waals surface area contributed by atoms with Gasteiger partial charge in [0.15, 0.2) is 0 Å². The molecular weight excluding hydrogens is 616 g/mol. The van der Waals surface area contributed by atoms with E-state index in [0.717, 1.165) is 70.3 Å². The maximum Gasteiger partial charge on any atom is 0.145 e. The predicted molar refractivity (Wildman–Crippen MR) is 181 cm³/mol. The molecule has 8 rings (SSSR count). The van der Waals surface area contributed by atoms with Crippen molar-refractivity contribution in [3.63, 3.8) is 0 Å². The summed E-state index contributed by atoms with van der Waals surface area (Å²) in [6.45, 7) is 0.577. The Morgan fingerprint density at radius 3 is 1.55 bits per heavy atom. The highest BCUT2D eigenvalue weighted by Crippen LogP contribution is 2.38. The van der Waals surface area contributed by atoms with Crippen LogP contribution in [0.1, 0.15) is 76.3 Å². The van der Waals surface area contributed by atoms with Crippen molar-refractivity contribution in [2.45, 2.75) is 89.8 Å². The number of aromatic nitrogens is 10.